The van der Waals surface area contributed by atoms with Gasteiger partial charge in [0.05, 0.1) is 59.0 Å². The molecule has 0 saturated carbocycles. The summed E-state index contributed by atoms with van der Waals surface area (Å²) in [6, 6.07) is 0. The van der Waals surface area contributed by atoms with Gasteiger partial charge in [-0.25, -0.2) is 0 Å². The molecule has 0 rings (SSSR count). The highest BCUT2D eigenvalue weighted by Gasteiger charge is 2.03. The van der Waals surface area contributed by atoms with Crippen molar-refractivity contribution in [2.24, 2.45) is 0 Å². The quantitative estimate of drug-likeness (QED) is 0.233. The van der Waals surface area contributed by atoms with Crippen molar-refractivity contribution in [1.82, 2.24) is 0 Å². The van der Waals surface area contributed by atoms with Crippen molar-refractivity contribution in [1.29, 1.82) is 0 Å². The van der Waals surface area contributed by atoms with E-state index in [4.69, 9.17) is 34.3 Å². The second-order valence-corrected chi connectivity index (χ2v) is 4.73. The molecule has 0 aliphatic heterocycles. The van der Waals surface area contributed by atoms with Crippen molar-refractivity contribution in [3.63, 3.8) is 0 Å². The van der Waals surface area contributed by atoms with Crippen LogP contribution in [0.2, 0.25) is 0 Å². The van der Waals surface area contributed by atoms with Crippen LogP contribution in [0.25, 0.3) is 0 Å². The molecule has 0 radical (unpaired) electrons. The smallest absolute Gasteiger partial charge is 0.178 e. The number of hydrogen-bond donors (Lipinski definition) is 4. The van der Waals surface area contributed by atoms with Gasteiger partial charge >= 0.3 is 0 Å². The Hall–Kier alpha value is -0.320. The van der Waals surface area contributed by atoms with Crippen LogP contribution in [0.15, 0.2) is 0 Å². The fourth-order valence-corrected chi connectivity index (χ4v) is 1.10. The van der Waals surface area contributed by atoms with E-state index in [2.05, 4.69) is 6.92 Å². The van der Waals surface area contributed by atoms with Gasteiger partial charge in [0.1, 0.15) is 0 Å². The number of hydrogen-bond acceptors (Lipinski definition) is 8. The molecule has 0 aromatic rings. The molecule has 0 aliphatic carbocycles. The monoisotopic (exact) mass is 342 g/mol. The van der Waals surface area contributed by atoms with Crippen molar-refractivity contribution in [3.8, 4) is 0 Å². The third kappa shape index (κ3) is 26.9. The van der Waals surface area contributed by atoms with Gasteiger partial charge in [-0.05, 0) is 13.3 Å². The first-order valence-electron chi connectivity index (χ1n) is 8.01. The lowest BCUT2D eigenvalue weighted by Crippen LogP contribution is -2.21. The lowest BCUT2D eigenvalue weighted by molar-refractivity contribution is -0.141. The first-order valence-corrected chi connectivity index (χ1v) is 8.01. The lowest BCUT2D eigenvalue weighted by Gasteiger charge is -2.12. The number of ether oxygens (including phenoxy) is 4. The Morgan fingerprint density at radius 1 is 0.826 bits per heavy atom. The van der Waals surface area contributed by atoms with Crippen LogP contribution in [0.4, 0.5) is 0 Å². The average Bonchev–Trinajstić information content (AvgIpc) is 2.54. The molecular weight excluding hydrogens is 308 g/mol. The lowest BCUT2D eigenvalue weighted by atomic mass is 10.4. The molecule has 0 aliphatic rings. The summed E-state index contributed by atoms with van der Waals surface area (Å²) in [7, 11) is 0. The van der Waals surface area contributed by atoms with Crippen LogP contribution in [0.3, 0.4) is 0 Å². The summed E-state index contributed by atoms with van der Waals surface area (Å²) in [6.45, 7) is 6.32. The second-order valence-electron chi connectivity index (χ2n) is 4.73. The van der Waals surface area contributed by atoms with Crippen LogP contribution >= 0.6 is 0 Å². The van der Waals surface area contributed by atoms with Crippen molar-refractivity contribution < 1.29 is 39.4 Å². The highest BCUT2D eigenvalue weighted by Crippen LogP contribution is 1.93. The zero-order valence-corrected chi connectivity index (χ0v) is 14.4. The predicted molar refractivity (Wildman–Crippen MR) is 85.2 cm³/mol. The molecule has 0 fully saturated rings. The van der Waals surface area contributed by atoms with Crippen molar-refractivity contribution in [2.75, 3.05) is 59.5 Å². The van der Waals surface area contributed by atoms with E-state index in [1.807, 2.05) is 0 Å². The molecule has 8 nitrogen and oxygen atoms in total. The molecule has 0 spiro atoms. The number of aliphatic hydroxyl groups excluding tert-OH is 4. The first kappa shape index (κ1) is 24.9. The zero-order valence-electron chi connectivity index (χ0n) is 14.4. The van der Waals surface area contributed by atoms with E-state index in [0.29, 0.717) is 39.6 Å². The summed E-state index contributed by atoms with van der Waals surface area (Å²) in [5.41, 5.74) is 0. The summed E-state index contributed by atoms with van der Waals surface area (Å²) in [5, 5.41) is 33.8. The third-order valence-electron chi connectivity index (χ3n) is 2.31. The van der Waals surface area contributed by atoms with E-state index >= 15 is 0 Å². The van der Waals surface area contributed by atoms with E-state index in [1.54, 1.807) is 0 Å². The Morgan fingerprint density at radius 3 is 1.83 bits per heavy atom. The summed E-state index contributed by atoms with van der Waals surface area (Å²) in [4.78, 5) is 0. The van der Waals surface area contributed by atoms with Crippen LogP contribution in [0.1, 0.15) is 26.7 Å². The number of aliphatic hydroxyl groups is 4. The molecule has 0 saturated heterocycles. The number of rotatable bonds is 15. The maximum Gasteiger partial charge on any atom is 0.178 e. The van der Waals surface area contributed by atoms with Gasteiger partial charge in [0, 0.05) is 6.61 Å². The van der Waals surface area contributed by atoms with Gasteiger partial charge in [-0.1, -0.05) is 13.3 Å². The van der Waals surface area contributed by atoms with E-state index in [1.165, 1.54) is 6.92 Å². The van der Waals surface area contributed by atoms with Gasteiger partial charge < -0.3 is 39.4 Å². The Balaban J connectivity index is 0. The van der Waals surface area contributed by atoms with Gasteiger partial charge in [-0.3, -0.25) is 0 Å². The maximum atomic E-state index is 9.34. The van der Waals surface area contributed by atoms with Crippen LogP contribution in [-0.2, 0) is 18.9 Å². The topological polar surface area (TPSA) is 118 Å². The largest absolute Gasteiger partial charge is 0.394 e. The fraction of sp³-hybridized carbons (Fsp3) is 1.00. The van der Waals surface area contributed by atoms with Gasteiger partial charge in [-0.15, -0.1) is 0 Å². The van der Waals surface area contributed by atoms with Crippen LogP contribution in [0.5, 0.6) is 0 Å². The van der Waals surface area contributed by atoms with Gasteiger partial charge in [0.15, 0.2) is 6.29 Å². The van der Waals surface area contributed by atoms with E-state index in [9.17, 15) is 5.11 Å². The van der Waals surface area contributed by atoms with Crippen molar-refractivity contribution >= 4 is 0 Å². The molecule has 4 N–H and O–H groups in total. The zero-order chi connectivity index (χ0) is 17.8. The first-order chi connectivity index (χ1) is 11.1. The van der Waals surface area contributed by atoms with Crippen molar-refractivity contribution in [3.05, 3.63) is 0 Å². The number of unbranched alkanes of at least 4 members (excludes halogenated alkanes) is 1. The summed E-state index contributed by atoms with van der Waals surface area (Å²) >= 11 is 0. The SMILES string of the molecule is CC(O)CO.CCCCOC(O)COCCOCCOCCO. The van der Waals surface area contributed by atoms with E-state index < -0.39 is 12.4 Å². The van der Waals surface area contributed by atoms with Gasteiger partial charge in [0.25, 0.3) is 0 Å². The maximum absolute atomic E-state index is 9.34. The Morgan fingerprint density at radius 2 is 1.35 bits per heavy atom. The van der Waals surface area contributed by atoms with Gasteiger partial charge in [0.2, 0.25) is 0 Å². The van der Waals surface area contributed by atoms with Crippen LogP contribution < -0.4 is 0 Å². The molecular formula is C15H34O8. The molecule has 0 bridgehead atoms. The molecule has 2 atom stereocenters. The third-order valence-corrected chi connectivity index (χ3v) is 2.31. The van der Waals surface area contributed by atoms with Crippen LogP contribution in [-0.4, -0.2) is 92.3 Å². The molecule has 0 heterocycles. The summed E-state index contributed by atoms with van der Waals surface area (Å²) in [6.07, 6.45) is 0.563. The highest BCUT2D eigenvalue weighted by atomic mass is 16.6. The fourth-order valence-electron chi connectivity index (χ4n) is 1.10. The molecule has 2 unspecified atom stereocenters. The second kappa shape index (κ2) is 21.7. The summed E-state index contributed by atoms with van der Waals surface area (Å²) < 4.78 is 20.5. The molecule has 0 aromatic carbocycles. The minimum absolute atomic E-state index is 0.0268. The van der Waals surface area contributed by atoms with E-state index in [0.717, 1.165) is 12.8 Å². The Kier molecular flexibility index (Phi) is 23.5. The highest BCUT2D eigenvalue weighted by molar-refractivity contribution is 4.40. The molecule has 0 aromatic heterocycles. The molecule has 23 heavy (non-hydrogen) atoms. The van der Waals surface area contributed by atoms with Gasteiger partial charge in [-0.2, -0.15) is 0 Å². The van der Waals surface area contributed by atoms with Crippen LogP contribution in [0, 0.1) is 0 Å². The predicted octanol–water partition coefficient (Wildman–Crippen LogP) is -0.477. The minimum Gasteiger partial charge on any atom is -0.394 e. The molecule has 0 amide bonds. The summed E-state index contributed by atoms with van der Waals surface area (Å²) in [5.74, 6) is 0. The normalized spacial score (nSPS) is 13.3. The van der Waals surface area contributed by atoms with E-state index in [-0.39, 0.29) is 19.8 Å². The van der Waals surface area contributed by atoms with Crippen molar-refractivity contribution in [2.45, 2.75) is 39.1 Å². The minimum atomic E-state index is -0.857. The Labute approximate surface area is 138 Å². The standard InChI is InChI=1S/C12H26O6.C3H8O2/c1-2-3-5-18-12(14)11-17-10-9-16-8-7-15-6-4-13;1-3(5)2-4/h12-14H,2-11H2,1H3;3-5H,2H2,1H3. The molecule has 142 valence electrons. The molecule has 8 heteroatoms. The Bertz CT molecular complexity index is 204. The average molecular weight is 342 g/mol.